The molecule has 0 aromatic heterocycles. The maximum absolute atomic E-state index is 8.62. The fourth-order valence-corrected chi connectivity index (χ4v) is 1.67. The number of ether oxygens (including phenoxy) is 2. The summed E-state index contributed by atoms with van der Waals surface area (Å²) in [5, 5.41) is 12.8. The maximum atomic E-state index is 8.62. The molecule has 0 radical (unpaired) electrons. The molecule has 5 heteroatoms. The Morgan fingerprint density at radius 3 is 2.76 bits per heavy atom. The van der Waals surface area contributed by atoms with Crippen molar-refractivity contribution in [2.24, 2.45) is 5.10 Å². The summed E-state index contributed by atoms with van der Waals surface area (Å²) in [6, 6.07) is 16.9. The highest BCUT2D eigenvalue weighted by Gasteiger charge is 2.04. The molecular formula is C16H15N3O2. The molecule has 2 aromatic rings. The lowest BCUT2D eigenvalue weighted by molar-refractivity contribution is 0.361. The fraction of sp³-hybridized carbons (Fsp3) is 0.125. The molecule has 2 aromatic carbocycles. The first-order chi connectivity index (χ1) is 10.3. The molecule has 0 atom stereocenters. The minimum absolute atomic E-state index is 0.0277. The van der Waals surface area contributed by atoms with Crippen molar-refractivity contribution in [2.75, 3.05) is 19.1 Å². The molecule has 2 rings (SSSR count). The van der Waals surface area contributed by atoms with Crippen molar-refractivity contribution in [3.8, 4) is 17.6 Å². The summed E-state index contributed by atoms with van der Waals surface area (Å²) in [4.78, 5) is 0. The summed E-state index contributed by atoms with van der Waals surface area (Å²) in [5.74, 6) is 1.21. The van der Waals surface area contributed by atoms with Gasteiger partial charge in [0.05, 0.1) is 19.0 Å². The summed E-state index contributed by atoms with van der Waals surface area (Å²) in [6.45, 7) is -0.0277. The van der Waals surface area contributed by atoms with Gasteiger partial charge in [0, 0.05) is 11.6 Å². The minimum Gasteiger partial charge on any atom is -0.497 e. The molecule has 0 amide bonds. The van der Waals surface area contributed by atoms with E-state index in [1.54, 1.807) is 19.4 Å². The number of hydrazone groups is 1. The van der Waals surface area contributed by atoms with Gasteiger partial charge in [-0.25, -0.2) is 0 Å². The predicted octanol–water partition coefficient (Wildman–Crippen LogP) is 3.04. The quantitative estimate of drug-likeness (QED) is 0.653. The summed E-state index contributed by atoms with van der Waals surface area (Å²) >= 11 is 0. The number of rotatable bonds is 6. The van der Waals surface area contributed by atoms with E-state index in [2.05, 4.69) is 10.5 Å². The molecule has 0 spiro atoms. The number of nitrogens with one attached hydrogen (secondary N) is 1. The van der Waals surface area contributed by atoms with E-state index in [1.807, 2.05) is 48.5 Å². The summed E-state index contributed by atoms with van der Waals surface area (Å²) in [5.41, 5.74) is 4.57. The highest BCUT2D eigenvalue weighted by molar-refractivity contribution is 5.84. The Bertz CT molecular complexity index is 648. The van der Waals surface area contributed by atoms with Crippen molar-refractivity contribution in [1.29, 1.82) is 5.26 Å². The molecule has 0 saturated heterocycles. The van der Waals surface area contributed by atoms with Crippen LogP contribution in [0.2, 0.25) is 0 Å². The Labute approximate surface area is 123 Å². The van der Waals surface area contributed by atoms with Gasteiger partial charge < -0.3 is 9.47 Å². The lowest BCUT2D eigenvalue weighted by Gasteiger charge is -2.08. The van der Waals surface area contributed by atoms with Crippen molar-refractivity contribution in [3.63, 3.8) is 0 Å². The fourth-order valence-electron chi connectivity index (χ4n) is 1.67. The molecule has 106 valence electrons. The van der Waals surface area contributed by atoms with E-state index in [9.17, 15) is 0 Å². The number of hydrogen-bond donors (Lipinski definition) is 1. The summed E-state index contributed by atoms with van der Waals surface area (Å²) in [6.07, 6.45) is 1.64. The topological polar surface area (TPSA) is 66.6 Å². The standard InChI is InChI=1S/C16H15N3O2/c1-20-15-8-7-13(16(11-15)21-10-9-17)12-18-19-14-5-3-2-4-6-14/h2-8,11-12,19H,10H2,1H3. The number of nitrogens with zero attached hydrogens (tertiary/aromatic N) is 2. The van der Waals surface area contributed by atoms with Crippen LogP contribution in [-0.2, 0) is 0 Å². The summed E-state index contributed by atoms with van der Waals surface area (Å²) in [7, 11) is 1.58. The van der Waals surface area contributed by atoms with Gasteiger partial charge in [0.15, 0.2) is 6.61 Å². The second-order valence-electron chi connectivity index (χ2n) is 4.09. The first kappa shape index (κ1) is 14.4. The normalized spacial score (nSPS) is 10.1. The molecule has 21 heavy (non-hydrogen) atoms. The van der Waals surface area contributed by atoms with E-state index in [1.165, 1.54) is 0 Å². The van der Waals surface area contributed by atoms with E-state index in [0.717, 1.165) is 11.3 Å². The zero-order valence-corrected chi connectivity index (χ0v) is 11.6. The number of anilines is 1. The first-order valence-corrected chi connectivity index (χ1v) is 6.35. The molecule has 0 saturated carbocycles. The smallest absolute Gasteiger partial charge is 0.174 e. The van der Waals surface area contributed by atoms with Crippen LogP contribution in [0.15, 0.2) is 53.6 Å². The third-order valence-corrected chi connectivity index (χ3v) is 2.68. The van der Waals surface area contributed by atoms with Gasteiger partial charge >= 0.3 is 0 Å². The zero-order valence-electron chi connectivity index (χ0n) is 11.6. The number of nitriles is 1. The van der Waals surface area contributed by atoms with Gasteiger partial charge in [-0.15, -0.1) is 0 Å². The predicted molar refractivity (Wildman–Crippen MR) is 81.8 cm³/mol. The van der Waals surface area contributed by atoms with Crippen molar-refractivity contribution < 1.29 is 9.47 Å². The number of para-hydroxylation sites is 1. The average Bonchev–Trinajstić information content (AvgIpc) is 2.54. The Kier molecular flexibility index (Phi) is 5.18. The number of benzene rings is 2. The van der Waals surface area contributed by atoms with E-state index < -0.39 is 0 Å². The molecule has 0 aliphatic carbocycles. The van der Waals surface area contributed by atoms with Gasteiger partial charge in [0.2, 0.25) is 0 Å². The Morgan fingerprint density at radius 2 is 2.05 bits per heavy atom. The van der Waals surface area contributed by atoms with Crippen LogP contribution in [0.1, 0.15) is 5.56 Å². The average molecular weight is 281 g/mol. The molecule has 0 aliphatic rings. The van der Waals surface area contributed by atoms with Crippen LogP contribution in [0.5, 0.6) is 11.5 Å². The Balaban J connectivity index is 2.12. The number of hydrogen-bond acceptors (Lipinski definition) is 5. The molecule has 0 heterocycles. The van der Waals surface area contributed by atoms with E-state index in [-0.39, 0.29) is 6.61 Å². The van der Waals surface area contributed by atoms with Crippen LogP contribution >= 0.6 is 0 Å². The number of methoxy groups -OCH3 is 1. The Hall–Kier alpha value is -3.00. The third kappa shape index (κ3) is 4.25. The van der Waals surface area contributed by atoms with Crippen LogP contribution in [-0.4, -0.2) is 19.9 Å². The molecule has 0 fully saturated rings. The maximum Gasteiger partial charge on any atom is 0.174 e. The van der Waals surface area contributed by atoms with Crippen molar-refractivity contribution in [1.82, 2.24) is 0 Å². The van der Waals surface area contributed by atoms with Gasteiger partial charge in [-0.1, -0.05) is 18.2 Å². The highest BCUT2D eigenvalue weighted by Crippen LogP contribution is 2.23. The second-order valence-corrected chi connectivity index (χ2v) is 4.09. The zero-order chi connectivity index (χ0) is 14.9. The van der Waals surface area contributed by atoms with Crippen LogP contribution in [0.4, 0.5) is 5.69 Å². The molecule has 0 bridgehead atoms. The highest BCUT2D eigenvalue weighted by atomic mass is 16.5. The van der Waals surface area contributed by atoms with Gasteiger partial charge in [0.1, 0.15) is 17.6 Å². The van der Waals surface area contributed by atoms with Crippen molar-refractivity contribution in [3.05, 3.63) is 54.1 Å². The van der Waals surface area contributed by atoms with Crippen LogP contribution < -0.4 is 14.9 Å². The van der Waals surface area contributed by atoms with E-state index >= 15 is 0 Å². The van der Waals surface area contributed by atoms with Gasteiger partial charge in [0.25, 0.3) is 0 Å². The summed E-state index contributed by atoms with van der Waals surface area (Å²) < 4.78 is 10.5. The lowest BCUT2D eigenvalue weighted by Crippen LogP contribution is -1.99. The van der Waals surface area contributed by atoms with Crippen molar-refractivity contribution in [2.45, 2.75) is 0 Å². The monoisotopic (exact) mass is 281 g/mol. The molecular weight excluding hydrogens is 266 g/mol. The van der Waals surface area contributed by atoms with E-state index in [4.69, 9.17) is 14.7 Å². The SMILES string of the molecule is COc1ccc(C=NNc2ccccc2)c(OCC#N)c1. The van der Waals surface area contributed by atoms with Gasteiger partial charge in [-0.05, 0) is 24.3 Å². The second kappa shape index (κ2) is 7.56. The van der Waals surface area contributed by atoms with Gasteiger partial charge in [-0.3, -0.25) is 5.43 Å². The first-order valence-electron chi connectivity index (χ1n) is 6.35. The molecule has 1 N–H and O–H groups in total. The lowest BCUT2D eigenvalue weighted by atomic mass is 10.2. The van der Waals surface area contributed by atoms with Crippen LogP contribution in [0.25, 0.3) is 0 Å². The third-order valence-electron chi connectivity index (χ3n) is 2.68. The molecule has 5 nitrogen and oxygen atoms in total. The van der Waals surface area contributed by atoms with E-state index in [0.29, 0.717) is 11.5 Å². The minimum atomic E-state index is -0.0277. The largest absolute Gasteiger partial charge is 0.497 e. The van der Waals surface area contributed by atoms with Crippen LogP contribution in [0, 0.1) is 11.3 Å². The molecule has 0 aliphatic heterocycles. The molecule has 0 unspecified atom stereocenters. The van der Waals surface area contributed by atoms with Gasteiger partial charge in [-0.2, -0.15) is 10.4 Å². The van der Waals surface area contributed by atoms with Crippen molar-refractivity contribution >= 4 is 11.9 Å². The van der Waals surface area contributed by atoms with Crippen LogP contribution in [0.3, 0.4) is 0 Å². The Morgan fingerprint density at radius 1 is 1.24 bits per heavy atom.